The molecule has 0 aromatic heterocycles. The summed E-state index contributed by atoms with van der Waals surface area (Å²) in [6.07, 6.45) is 15.7. The molecule has 2 aliphatic heterocycles. The molecule has 0 aromatic carbocycles. The van der Waals surface area contributed by atoms with E-state index in [1.165, 1.54) is 5.57 Å². The molecule has 8 nitrogen and oxygen atoms in total. The van der Waals surface area contributed by atoms with Crippen LogP contribution in [0.2, 0.25) is 36.3 Å². The average molecular weight is 745 g/mol. The highest BCUT2D eigenvalue weighted by molar-refractivity contribution is 6.74. The van der Waals surface area contributed by atoms with Gasteiger partial charge in [-0.05, 0) is 74.8 Å². The second-order valence-corrected chi connectivity index (χ2v) is 27.1. The Morgan fingerprint density at radius 3 is 2.29 bits per heavy atom. The fourth-order valence-electron chi connectivity index (χ4n) is 5.56. The number of aliphatic hydroxyl groups excluding tert-OH is 1. The first-order chi connectivity index (χ1) is 23.5. The smallest absolute Gasteiger partial charge is 0.381 e. The molecule has 0 unspecified atom stereocenters. The number of ketones is 1. The van der Waals surface area contributed by atoms with Gasteiger partial charge in [-0.3, -0.25) is 4.79 Å². The van der Waals surface area contributed by atoms with E-state index < -0.39 is 40.9 Å². The molecule has 0 bridgehead atoms. The summed E-state index contributed by atoms with van der Waals surface area (Å²) in [6, 6.07) is 0. The SMILES string of the molecule is CC1=CCO[C@H](/C=C/[C@H](O[Si](C)(C)C(C)(C)C)[C@@H](O)C/C=C/[C@H](CC(=O)C[C@H](C)C[C@@H]2CC=C[C@@H](CC#CC(=O)O)O2)O[Si](C)(C)C(C)(C)C)C1. The Bertz CT molecular complexity index is 1320. The molecular formula is C41H68O8Si2. The Hall–Kier alpha value is -2.11. The number of carbonyl (C=O) groups excluding carboxylic acids is 1. The van der Waals surface area contributed by atoms with Crippen molar-refractivity contribution >= 4 is 28.4 Å². The Labute approximate surface area is 311 Å². The van der Waals surface area contributed by atoms with Crippen LogP contribution in [0, 0.1) is 17.8 Å². The van der Waals surface area contributed by atoms with Gasteiger partial charge >= 0.3 is 5.97 Å². The zero-order chi connectivity index (χ0) is 38.6. The molecule has 2 aliphatic rings. The molecule has 0 radical (unpaired) electrons. The Balaban J connectivity index is 2.14. The van der Waals surface area contributed by atoms with Crippen molar-refractivity contribution in [3.05, 3.63) is 48.1 Å². The molecular weight excluding hydrogens is 677 g/mol. The summed E-state index contributed by atoms with van der Waals surface area (Å²) in [5.74, 6) is 3.88. The third-order valence-electron chi connectivity index (χ3n) is 10.7. The van der Waals surface area contributed by atoms with Crippen molar-refractivity contribution in [2.45, 2.75) is 173 Å². The predicted molar refractivity (Wildman–Crippen MR) is 212 cm³/mol. The van der Waals surface area contributed by atoms with Crippen LogP contribution in [-0.2, 0) is 27.9 Å². The van der Waals surface area contributed by atoms with Gasteiger partial charge in [-0.2, -0.15) is 0 Å². The first kappa shape index (κ1) is 45.1. The lowest BCUT2D eigenvalue weighted by atomic mass is 9.93. The van der Waals surface area contributed by atoms with Crippen LogP contribution in [0.1, 0.15) is 100 Å². The first-order valence-corrected chi connectivity index (χ1v) is 24.5. The van der Waals surface area contributed by atoms with Crippen LogP contribution in [0.4, 0.5) is 0 Å². The molecule has 0 fully saturated rings. The molecule has 0 amide bonds. The summed E-state index contributed by atoms with van der Waals surface area (Å²) in [6.45, 7) is 26.7. The molecule has 288 valence electrons. The van der Waals surface area contributed by atoms with Gasteiger partial charge in [0, 0.05) is 25.2 Å². The molecule has 0 aliphatic carbocycles. The van der Waals surface area contributed by atoms with Gasteiger partial charge in [0.25, 0.3) is 0 Å². The van der Waals surface area contributed by atoms with Crippen molar-refractivity contribution in [1.82, 2.24) is 0 Å². The van der Waals surface area contributed by atoms with Gasteiger partial charge in [-0.25, -0.2) is 4.79 Å². The molecule has 51 heavy (non-hydrogen) atoms. The molecule has 2 N–H and O–H groups in total. The van der Waals surface area contributed by atoms with Crippen molar-refractivity contribution in [2.75, 3.05) is 6.61 Å². The number of carboxylic acids is 1. The van der Waals surface area contributed by atoms with Gasteiger partial charge in [0.05, 0.1) is 43.2 Å². The van der Waals surface area contributed by atoms with E-state index in [0.717, 1.165) is 19.3 Å². The summed E-state index contributed by atoms with van der Waals surface area (Å²) >= 11 is 0. The highest BCUT2D eigenvalue weighted by atomic mass is 28.4. The number of hydrogen-bond acceptors (Lipinski definition) is 7. The maximum absolute atomic E-state index is 13.5. The maximum Gasteiger partial charge on any atom is 0.381 e. The van der Waals surface area contributed by atoms with Crippen LogP contribution in [0.3, 0.4) is 0 Å². The van der Waals surface area contributed by atoms with E-state index >= 15 is 0 Å². The largest absolute Gasteiger partial charge is 0.472 e. The van der Waals surface area contributed by atoms with Crippen molar-refractivity contribution in [3.63, 3.8) is 0 Å². The second-order valence-electron chi connectivity index (χ2n) is 17.6. The number of aliphatic hydroxyl groups is 1. The number of carboxylic acid groups (broad SMARTS) is 1. The van der Waals surface area contributed by atoms with Gasteiger partial charge in [-0.15, -0.1) is 0 Å². The van der Waals surface area contributed by atoms with E-state index in [9.17, 15) is 14.7 Å². The third kappa shape index (κ3) is 16.2. The minimum absolute atomic E-state index is 0.0208. The summed E-state index contributed by atoms with van der Waals surface area (Å²) in [7, 11) is -4.42. The van der Waals surface area contributed by atoms with Crippen LogP contribution < -0.4 is 0 Å². The number of aliphatic carboxylic acids is 1. The van der Waals surface area contributed by atoms with Gasteiger partial charge in [-0.1, -0.05) is 102 Å². The van der Waals surface area contributed by atoms with Crippen LogP contribution >= 0.6 is 0 Å². The number of ether oxygens (including phenoxy) is 2. The quantitative estimate of drug-likeness (QED) is 0.0863. The number of carbonyl (C=O) groups is 2. The molecule has 0 spiro atoms. The van der Waals surface area contributed by atoms with Crippen LogP contribution in [-0.4, -0.2) is 81.8 Å². The zero-order valence-electron chi connectivity index (χ0n) is 33.6. The van der Waals surface area contributed by atoms with Gasteiger partial charge in [0.1, 0.15) is 5.78 Å². The highest BCUT2D eigenvalue weighted by Crippen LogP contribution is 2.39. The minimum atomic E-state index is -2.22. The highest BCUT2D eigenvalue weighted by Gasteiger charge is 2.41. The molecule has 2 heterocycles. The standard InChI is InChI=1S/C41H68O8Si2/c1-30-24-25-46-34(27-30)22-23-38(49-51(11,12)41(6,7)8)37(43)20-14-19-36(48-50(9,10)40(3,4)5)29-32(42)26-31(2)28-35-18-13-16-33(47-35)17-15-21-39(44)45/h13-14,16,19,22-24,31,33-38,43H,17-18,20,25-29H2,1-12H3,(H,44,45)/b19-14+,23-22+/t31-,33-,34+,35-,36+,37-,38-/m0/s1. The van der Waals surface area contributed by atoms with Gasteiger partial charge in [0.15, 0.2) is 16.6 Å². The molecule has 0 saturated heterocycles. The molecule has 2 rings (SSSR count). The third-order valence-corrected chi connectivity index (χ3v) is 19.6. The van der Waals surface area contributed by atoms with Gasteiger partial charge < -0.3 is 28.5 Å². The summed E-state index contributed by atoms with van der Waals surface area (Å²) in [5.41, 5.74) is 1.30. The lowest BCUT2D eigenvalue weighted by Crippen LogP contribution is -2.46. The number of rotatable bonds is 17. The summed E-state index contributed by atoms with van der Waals surface area (Å²) in [5, 5.41) is 20.3. The van der Waals surface area contributed by atoms with Crippen molar-refractivity contribution < 1.29 is 38.1 Å². The molecule has 0 saturated carbocycles. The Morgan fingerprint density at radius 2 is 1.69 bits per heavy atom. The predicted octanol–water partition coefficient (Wildman–Crippen LogP) is 8.93. The lowest BCUT2D eigenvalue weighted by Gasteiger charge is -2.40. The topological polar surface area (TPSA) is 112 Å². The molecule has 10 heteroatoms. The van der Waals surface area contributed by atoms with Crippen molar-refractivity contribution in [3.8, 4) is 11.8 Å². The zero-order valence-corrected chi connectivity index (χ0v) is 35.6. The van der Waals surface area contributed by atoms with Crippen LogP contribution in [0.25, 0.3) is 0 Å². The van der Waals surface area contributed by atoms with E-state index in [1.54, 1.807) is 0 Å². The molecule has 7 atom stereocenters. The number of hydrogen-bond donors (Lipinski definition) is 2. The van der Waals surface area contributed by atoms with Crippen molar-refractivity contribution in [1.29, 1.82) is 0 Å². The Kier molecular flexibility index (Phi) is 17.5. The fraction of sp³-hybridized carbons (Fsp3) is 0.707. The maximum atomic E-state index is 13.5. The fourth-order valence-corrected chi connectivity index (χ4v) is 8.10. The number of Topliss-reactive ketones (excluding diaryl/α,β-unsaturated/α-hetero) is 1. The Morgan fingerprint density at radius 1 is 1.04 bits per heavy atom. The monoisotopic (exact) mass is 744 g/mol. The van der Waals surface area contributed by atoms with Crippen molar-refractivity contribution in [2.24, 2.45) is 5.92 Å². The van der Waals surface area contributed by atoms with E-state index in [-0.39, 0.29) is 46.5 Å². The van der Waals surface area contributed by atoms with Crippen LogP contribution in [0.5, 0.6) is 0 Å². The van der Waals surface area contributed by atoms with E-state index in [1.807, 2.05) is 30.4 Å². The van der Waals surface area contributed by atoms with Gasteiger partial charge in [0.2, 0.25) is 0 Å². The normalized spacial score (nSPS) is 23.0. The van der Waals surface area contributed by atoms with Crippen LogP contribution in [0.15, 0.2) is 48.1 Å². The second kappa shape index (κ2) is 19.8. The lowest BCUT2D eigenvalue weighted by molar-refractivity contribution is -0.130. The summed E-state index contributed by atoms with van der Waals surface area (Å²) in [4.78, 5) is 24.2. The van der Waals surface area contributed by atoms with E-state index in [4.69, 9.17) is 23.4 Å². The minimum Gasteiger partial charge on any atom is -0.472 e. The average Bonchev–Trinajstić information content (AvgIpc) is 2.97. The summed E-state index contributed by atoms with van der Waals surface area (Å²) < 4.78 is 25.6. The first-order valence-electron chi connectivity index (χ1n) is 18.7. The molecule has 0 aromatic rings. The van der Waals surface area contributed by atoms with E-state index in [0.29, 0.717) is 25.9 Å². The van der Waals surface area contributed by atoms with E-state index in [2.05, 4.69) is 106 Å².